The molecule has 2 rings (SSSR count). The minimum Gasteiger partial charge on any atom is -0.488 e. The fourth-order valence-corrected chi connectivity index (χ4v) is 7.82. The SMILES string of the molecule is CCCCCCCCCCCCCCOc1c(OCCCCCCCCCCCCCC)c(I)c2nsnc2c1I. The summed E-state index contributed by atoms with van der Waals surface area (Å²) in [7, 11) is 0. The first kappa shape index (κ1) is 37.3. The normalized spacial score (nSPS) is 11.5. The van der Waals surface area contributed by atoms with Gasteiger partial charge in [-0.05, 0) is 58.0 Å². The summed E-state index contributed by atoms with van der Waals surface area (Å²) in [5.74, 6) is 1.74. The van der Waals surface area contributed by atoms with Crippen LogP contribution in [0.5, 0.6) is 11.5 Å². The smallest absolute Gasteiger partial charge is 0.177 e. The summed E-state index contributed by atoms with van der Waals surface area (Å²) in [6, 6.07) is 0. The molecule has 0 radical (unpaired) electrons. The van der Waals surface area contributed by atoms with Crippen molar-refractivity contribution < 1.29 is 9.47 Å². The largest absolute Gasteiger partial charge is 0.488 e. The molecule has 1 heterocycles. The van der Waals surface area contributed by atoms with Crippen LogP contribution in [0.2, 0.25) is 0 Å². The van der Waals surface area contributed by atoms with Gasteiger partial charge in [-0.2, -0.15) is 8.75 Å². The van der Waals surface area contributed by atoms with Crippen LogP contribution in [0.1, 0.15) is 168 Å². The lowest BCUT2D eigenvalue weighted by atomic mass is 10.1. The first-order chi connectivity index (χ1) is 20.2. The topological polar surface area (TPSA) is 44.2 Å². The molecule has 41 heavy (non-hydrogen) atoms. The van der Waals surface area contributed by atoms with Gasteiger partial charge in [0.15, 0.2) is 11.5 Å². The molecule has 0 aliphatic carbocycles. The second-order valence-electron chi connectivity index (χ2n) is 11.7. The number of unbranched alkanes of at least 4 members (excludes halogenated alkanes) is 22. The van der Waals surface area contributed by atoms with Crippen LogP contribution >= 0.6 is 56.9 Å². The van der Waals surface area contributed by atoms with Gasteiger partial charge >= 0.3 is 0 Å². The van der Waals surface area contributed by atoms with Crippen molar-refractivity contribution in [3.63, 3.8) is 0 Å². The van der Waals surface area contributed by atoms with Crippen LogP contribution in [0, 0.1) is 7.14 Å². The predicted octanol–water partition coefficient (Wildman–Crippen LogP) is 13.1. The Hall–Kier alpha value is 0.1000. The van der Waals surface area contributed by atoms with Gasteiger partial charge < -0.3 is 9.47 Å². The number of fused-ring (bicyclic) bond motifs is 1. The summed E-state index contributed by atoms with van der Waals surface area (Å²) >= 11 is 6.01. The van der Waals surface area contributed by atoms with E-state index in [-0.39, 0.29) is 0 Å². The third-order valence-electron chi connectivity index (χ3n) is 8.00. The maximum atomic E-state index is 6.38. The van der Waals surface area contributed by atoms with Gasteiger partial charge in [0.05, 0.1) is 32.1 Å². The van der Waals surface area contributed by atoms with Crippen LogP contribution in [-0.2, 0) is 0 Å². The van der Waals surface area contributed by atoms with Crippen molar-refractivity contribution in [1.29, 1.82) is 0 Å². The first-order valence-electron chi connectivity index (χ1n) is 17.1. The number of ether oxygens (including phenoxy) is 2. The molecule has 0 aliphatic rings. The summed E-state index contributed by atoms with van der Waals surface area (Å²) in [5, 5.41) is 0. The molecule has 0 N–H and O–H groups in total. The van der Waals surface area contributed by atoms with Crippen molar-refractivity contribution in [2.75, 3.05) is 13.2 Å². The van der Waals surface area contributed by atoms with Crippen molar-refractivity contribution in [2.24, 2.45) is 0 Å². The van der Waals surface area contributed by atoms with E-state index in [1.807, 2.05) is 0 Å². The molecule has 0 spiro atoms. The zero-order chi connectivity index (χ0) is 29.4. The molecule has 4 nitrogen and oxygen atoms in total. The quantitative estimate of drug-likeness (QED) is 0.0634. The second-order valence-corrected chi connectivity index (χ2v) is 14.4. The third-order valence-corrected chi connectivity index (χ3v) is 10.5. The standard InChI is InChI=1S/C34H58I2N2O2S/c1-3-5-7-9-11-13-15-17-19-21-23-25-27-39-33-29(35)31-32(38-41-37-31)30(36)34(33)40-28-26-24-22-20-18-16-14-12-10-8-6-4-2/h3-28H2,1-2H3. The minimum absolute atomic E-state index is 0.738. The highest BCUT2D eigenvalue weighted by atomic mass is 127. The molecule has 0 fully saturated rings. The molecule has 1 aromatic carbocycles. The molecule has 0 unspecified atom stereocenters. The molecular formula is C34H58I2N2O2S. The summed E-state index contributed by atoms with van der Waals surface area (Å²) in [5.41, 5.74) is 1.89. The van der Waals surface area contributed by atoms with Crippen LogP contribution in [0.3, 0.4) is 0 Å². The van der Waals surface area contributed by atoms with Crippen molar-refractivity contribution in [3.8, 4) is 11.5 Å². The van der Waals surface area contributed by atoms with Crippen molar-refractivity contribution in [2.45, 2.75) is 168 Å². The number of hydrogen-bond acceptors (Lipinski definition) is 5. The molecule has 0 bridgehead atoms. The van der Waals surface area contributed by atoms with Crippen LogP contribution in [0.15, 0.2) is 0 Å². The number of aromatic nitrogens is 2. The zero-order valence-corrected chi connectivity index (χ0v) is 31.4. The fourth-order valence-electron chi connectivity index (χ4n) is 5.38. The van der Waals surface area contributed by atoms with E-state index in [0.717, 1.165) is 55.7 Å². The van der Waals surface area contributed by atoms with Crippen molar-refractivity contribution in [3.05, 3.63) is 7.14 Å². The van der Waals surface area contributed by atoms with E-state index >= 15 is 0 Å². The average Bonchev–Trinajstić information content (AvgIpc) is 3.48. The molecular weight excluding hydrogens is 754 g/mol. The summed E-state index contributed by atoms with van der Waals surface area (Å²) in [6.07, 6.45) is 32.4. The highest BCUT2D eigenvalue weighted by Crippen LogP contribution is 2.42. The van der Waals surface area contributed by atoms with Gasteiger partial charge in [0.25, 0.3) is 0 Å². The first-order valence-corrected chi connectivity index (χ1v) is 20.0. The van der Waals surface area contributed by atoms with Crippen molar-refractivity contribution >= 4 is 67.9 Å². The van der Waals surface area contributed by atoms with Crippen LogP contribution in [0.25, 0.3) is 11.0 Å². The number of hydrogen-bond donors (Lipinski definition) is 0. The van der Waals surface area contributed by atoms with Crippen LogP contribution < -0.4 is 9.47 Å². The minimum atomic E-state index is 0.738. The van der Waals surface area contributed by atoms with E-state index < -0.39 is 0 Å². The Labute approximate surface area is 283 Å². The Morgan fingerprint density at radius 3 is 1.00 bits per heavy atom. The molecule has 7 heteroatoms. The van der Waals surface area contributed by atoms with E-state index in [0.29, 0.717) is 0 Å². The highest BCUT2D eigenvalue weighted by Gasteiger charge is 2.22. The van der Waals surface area contributed by atoms with Gasteiger partial charge in [-0.15, -0.1) is 0 Å². The lowest BCUT2D eigenvalue weighted by Crippen LogP contribution is -2.06. The zero-order valence-electron chi connectivity index (χ0n) is 26.3. The van der Waals surface area contributed by atoms with Gasteiger partial charge in [-0.3, -0.25) is 0 Å². The Balaban J connectivity index is 1.64. The summed E-state index contributed by atoms with van der Waals surface area (Å²) < 4.78 is 23.9. The average molecular weight is 813 g/mol. The molecule has 0 saturated carbocycles. The number of benzene rings is 1. The Morgan fingerprint density at radius 1 is 0.439 bits per heavy atom. The van der Waals surface area contributed by atoms with Gasteiger partial charge in [-0.1, -0.05) is 155 Å². The van der Waals surface area contributed by atoms with E-state index in [2.05, 4.69) is 67.8 Å². The van der Waals surface area contributed by atoms with E-state index in [1.165, 1.54) is 153 Å². The third kappa shape index (κ3) is 16.1. The summed E-state index contributed by atoms with van der Waals surface area (Å²) in [6.45, 7) is 6.05. The van der Waals surface area contributed by atoms with E-state index in [4.69, 9.17) is 9.47 Å². The van der Waals surface area contributed by atoms with E-state index in [1.54, 1.807) is 0 Å². The molecule has 0 aliphatic heterocycles. The van der Waals surface area contributed by atoms with Gasteiger partial charge in [0.2, 0.25) is 0 Å². The lowest BCUT2D eigenvalue weighted by Gasteiger charge is -2.16. The molecule has 1 aromatic heterocycles. The van der Waals surface area contributed by atoms with Crippen molar-refractivity contribution in [1.82, 2.24) is 8.75 Å². The molecule has 0 amide bonds. The maximum absolute atomic E-state index is 6.38. The molecule has 2 aromatic rings. The highest BCUT2D eigenvalue weighted by molar-refractivity contribution is 14.1. The predicted molar refractivity (Wildman–Crippen MR) is 196 cm³/mol. The lowest BCUT2D eigenvalue weighted by molar-refractivity contribution is 0.256. The van der Waals surface area contributed by atoms with E-state index in [9.17, 15) is 0 Å². The molecule has 0 atom stereocenters. The maximum Gasteiger partial charge on any atom is 0.177 e. The van der Waals surface area contributed by atoms with Gasteiger partial charge in [0.1, 0.15) is 11.0 Å². The second kappa shape index (κ2) is 25.4. The Morgan fingerprint density at radius 2 is 0.707 bits per heavy atom. The number of halogens is 2. The van der Waals surface area contributed by atoms with Gasteiger partial charge in [-0.25, -0.2) is 0 Å². The molecule has 236 valence electrons. The number of rotatable bonds is 28. The fraction of sp³-hybridized carbons (Fsp3) is 0.824. The number of nitrogens with zero attached hydrogens (tertiary/aromatic N) is 2. The van der Waals surface area contributed by atoms with Gasteiger partial charge in [0, 0.05) is 0 Å². The Kier molecular flexibility index (Phi) is 23.1. The Bertz CT molecular complexity index is 838. The van der Waals surface area contributed by atoms with Crippen LogP contribution in [-0.4, -0.2) is 22.0 Å². The summed E-state index contributed by atoms with van der Waals surface area (Å²) in [4.78, 5) is 0. The van der Waals surface area contributed by atoms with Crippen LogP contribution in [0.4, 0.5) is 0 Å². The molecule has 0 saturated heterocycles. The monoisotopic (exact) mass is 812 g/mol.